The Kier molecular flexibility index (Phi) is 2.85. The summed E-state index contributed by atoms with van der Waals surface area (Å²) >= 11 is 0. The third kappa shape index (κ3) is 1.96. The van der Waals surface area contributed by atoms with Crippen LogP contribution in [0.5, 0.6) is 0 Å². The van der Waals surface area contributed by atoms with Crippen LogP contribution in [0.15, 0.2) is 0 Å². The van der Waals surface area contributed by atoms with Crippen LogP contribution in [0.25, 0.3) is 0 Å². The van der Waals surface area contributed by atoms with E-state index >= 15 is 0 Å². The molecule has 2 rings (SSSR count). The van der Waals surface area contributed by atoms with Gasteiger partial charge in [-0.25, -0.2) is 0 Å². The van der Waals surface area contributed by atoms with Crippen LogP contribution in [0, 0.1) is 23.2 Å². The Morgan fingerprint density at radius 3 is 2.07 bits per heavy atom. The van der Waals surface area contributed by atoms with Crippen molar-refractivity contribution in [2.45, 2.75) is 39.0 Å². The van der Waals surface area contributed by atoms with Crippen molar-refractivity contribution in [3.8, 4) is 0 Å². The Hall–Kier alpha value is -0.0800. The van der Waals surface area contributed by atoms with Crippen molar-refractivity contribution in [1.82, 2.24) is 0 Å². The van der Waals surface area contributed by atoms with Crippen LogP contribution in [0.2, 0.25) is 0 Å². The lowest BCUT2D eigenvalue weighted by Gasteiger charge is -2.46. The van der Waals surface area contributed by atoms with Crippen molar-refractivity contribution in [2.75, 3.05) is 13.2 Å². The predicted molar refractivity (Wildman–Crippen MR) is 55.8 cm³/mol. The standard InChI is InChI=1S/C12H22O2/c1-12(8-14)5-9-2-10(6-12)4-11(3-9)7-13/h9-11,13-14H,2-8H2,1H3. The molecule has 0 spiro atoms. The van der Waals surface area contributed by atoms with Crippen LogP contribution < -0.4 is 0 Å². The smallest absolute Gasteiger partial charge is 0.0484 e. The Labute approximate surface area is 86.3 Å². The van der Waals surface area contributed by atoms with Crippen molar-refractivity contribution in [1.29, 1.82) is 0 Å². The molecule has 82 valence electrons. The number of hydrogen-bond acceptors (Lipinski definition) is 2. The number of fused-ring (bicyclic) bond motifs is 2. The zero-order valence-corrected chi connectivity index (χ0v) is 9.08. The number of hydrogen-bond donors (Lipinski definition) is 2. The minimum Gasteiger partial charge on any atom is -0.396 e. The second-order valence-electron chi connectivity index (χ2n) is 5.86. The summed E-state index contributed by atoms with van der Waals surface area (Å²) in [6.45, 7) is 2.91. The zero-order valence-electron chi connectivity index (χ0n) is 9.08. The van der Waals surface area contributed by atoms with E-state index in [-0.39, 0.29) is 5.41 Å². The molecule has 2 aliphatic rings. The molecule has 0 radical (unpaired) electrons. The highest BCUT2D eigenvalue weighted by atomic mass is 16.3. The van der Waals surface area contributed by atoms with Gasteiger partial charge in [-0.15, -0.1) is 0 Å². The summed E-state index contributed by atoms with van der Waals surface area (Å²) in [5.41, 5.74) is 0.175. The molecule has 2 aliphatic carbocycles. The van der Waals surface area contributed by atoms with Crippen molar-refractivity contribution < 1.29 is 10.2 Å². The highest BCUT2D eigenvalue weighted by Crippen LogP contribution is 2.49. The van der Waals surface area contributed by atoms with E-state index in [1.807, 2.05) is 0 Å². The fourth-order valence-corrected chi connectivity index (χ4v) is 3.79. The van der Waals surface area contributed by atoms with Crippen LogP contribution in [-0.2, 0) is 0 Å². The van der Waals surface area contributed by atoms with Crippen molar-refractivity contribution >= 4 is 0 Å². The summed E-state index contributed by atoms with van der Waals surface area (Å²) in [7, 11) is 0. The lowest BCUT2D eigenvalue weighted by molar-refractivity contribution is -0.00534. The van der Waals surface area contributed by atoms with E-state index in [0.717, 1.165) is 24.7 Å². The SMILES string of the molecule is CC1(CO)CC2CC(CO)CC(C2)C1. The maximum absolute atomic E-state index is 9.38. The van der Waals surface area contributed by atoms with E-state index in [1.165, 1.54) is 19.3 Å². The molecule has 2 fully saturated rings. The van der Waals surface area contributed by atoms with Gasteiger partial charge < -0.3 is 10.2 Å². The fraction of sp³-hybridized carbons (Fsp3) is 1.00. The fourth-order valence-electron chi connectivity index (χ4n) is 3.79. The molecular formula is C12H22O2. The molecule has 2 N–H and O–H groups in total. The highest BCUT2D eigenvalue weighted by molar-refractivity contribution is 4.91. The average Bonchev–Trinajstić information content (AvgIpc) is 2.16. The maximum atomic E-state index is 9.38. The van der Waals surface area contributed by atoms with Gasteiger partial charge in [-0.05, 0) is 55.3 Å². The molecule has 0 heterocycles. The Bertz CT molecular complexity index is 188. The second-order valence-corrected chi connectivity index (χ2v) is 5.86. The third-order valence-electron chi connectivity index (χ3n) is 4.20. The maximum Gasteiger partial charge on any atom is 0.0484 e. The molecule has 0 aromatic heterocycles. The van der Waals surface area contributed by atoms with E-state index in [2.05, 4.69) is 6.92 Å². The molecule has 0 aromatic rings. The first-order valence-electron chi connectivity index (χ1n) is 5.87. The summed E-state index contributed by atoms with van der Waals surface area (Å²) in [4.78, 5) is 0. The van der Waals surface area contributed by atoms with Gasteiger partial charge in [0.15, 0.2) is 0 Å². The lowest BCUT2D eigenvalue weighted by atomic mass is 9.59. The number of aliphatic hydroxyl groups excluding tert-OH is 2. The molecule has 2 atom stereocenters. The van der Waals surface area contributed by atoms with Gasteiger partial charge in [0.2, 0.25) is 0 Å². The van der Waals surface area contributed by atoms with Gasteiger partial charge >= 0.3 is 0 Å². The van der Waals surface area contributed by atoms with Gasteiger partial charge in [0.1, 0.15) is 0 Å². The molecule has 2 bridgehead atoms. The van der Waals surface area contributed by atoms with Crippen LogP contribution in [0.4, 0.5) is 0 Å². The second kappa shape index (κ2) is 3.82. The Morgan fingerprint density at radius 2 is 1.64 bits per heavy atom. The molecule has 0 saturated heterocycles. The largest absolute Gasteiger partial charge is 0.396 e. The number of rotatable bonds is 2. The molecule has 2 unspecified atom stereocenters. The first-order chi connectivity index (χ1) is 6.65. The minimum absolute atomic E-state index is 0.175. The normalized spacial score (nSPS) is 47.8. The van der Waals surface area contributed by atoms with Crippen LogP contribution >= 0.6 is 0 Å². The van der Waals surface area contributed by atoms with Gasteiger partial charge in [-0.2, -0.15) is 0 Å². The third-order valence-corrected chi connectivity index (χ3v) is 4.20. The van der Waals surface area contributed by atoms with E-state index in [4.69, 9.17) is 0 Å². The van der Waals surface area contributed by atoms with Gasteiger partial charge in [-0.1, -0.05) is 6.92 Å². The zero-order chi connectivity index (χ0) is 10.2. The molecule has 0 aromatic carbocycles. The monoisotopic (exact) mass is 198 g/mol. The minimum atomic E-state index is 0.175. The molecule has 0 aliphatic heterocycles. The molecule has 0 amide bonds. The summed E-state index contributed by atoms with van der Waals surface area (Å²) in [5.74, 6) is 2.07. The van der Waals surface area contributed by atoms with Crippen LogP contribution in [0.1, 0.15) is 39.0 Å². The van der Waals surface area contributed by atoms with E-state index < -0.39 is 0 Å². The first kappa shape index (κ1) is 10.4. The van der Waals surface area contributed by atoms with Gasteiger partial charge in [0, 0.05) is 13.2 Å². The van der Waals surface area contributed by atoms with Crippen molar-refractivity contribution in [3.63, 3.8) is 0 Å². The highest BCUT2D eigenvalue weighted by Gasteiger charge is 2.41. The molecule has 2 heteroatoms. The van der Waals surface area contributed by atoms with E-state index in [0.29, 0.717) is 19.1 Å². The summed E-state index contributed by atoms with van der Waals surface area (Å²) in [6.07, 6.45) is 6.03. The predicted octanol–water partition coefficient (Wildman–Crippen LogP) is 1.80. The van der Waals surface area contributed by atoms with E-state index in [9.17, 15) is 10.2 Å². The van der Waals surface area contributed by atoms with Crippen LogP contribution in [0.3, 0.4) is 0 Å². The Morgan fingerprint density at radius 1 is 1.07 bits per heavy atom. The summed E-state index contributed by atoms with van der Waals surface area (Å²) < 4.78 is 0. The summed E-state index contributed by atoms with van der Waals surface area (Å²) in [6, 6.07) is 0. The topological polar surface area (TPSA) is 40.5 Å². The molecule has 14 heavy (non-hydrogen) atoms. The van der Waals surface area contributed by atoms with Crippen molar-refractivity contribution in [2.24, 2.45) is 23.2 Å². The quantitative estimate of drug-likeness (QED) is 0.710. The van der Waals surface area contributed by atoms with Gasteiger partial charge in [0.25, 0.3) is 0 Å². The Balaban J connectivity index is 2.02. The van der Waals surface area contributed by atoms with Gasteiger partial charge in [0.05, 0.1) is 0 Å². The van der Waals surface area contributed by atoms with Crippen molar-refractivity contribution in [3.05, 3.63) is 0 Å². The molecule has 2 nitrogen and oxygen atoms in total. The van der Waals surface area contributed by atoms with Gasteiger partial charge in [-0.3, -0.25) is 0 Å². The molecule has 2 saturated carbocycles. The summed E-state index contributed by atoms with van der Waals surface area (Å²) in [5, 5.41) is 18.6. The van der Waals surface area contributed by atoms with Crippen LogP contribution in [-0.4, -0.2) is 23.4 Å². The lowest BCUT2D eigenvalue weighted by Crippen LogP contribution is -2.39. The average molecular weight is 198 g/mol. The number of aliphatic hydroxyl groups is 2. The molecular weight excluding hydrogens is 176 g/mol. The first-order valence-corrected chi connectivity index (χ1v) is 5.87. The van der Waals surface area contributed by atoms with E-state index in [1.54, 1.807) is 0 Å².